The highest BCUT2D eigenvalue weighted by molar-refractivity contribution is 7.21. The number of carbonyl (C=O) groups excluding carboxylic acids is 1. The molecule has 0 bridgehead atoms. The predicted octanol–water partition coefficient (Wildman–Crippen LogP) is 3.73. The molecule has 0 N–H and O–H groups in total. The summed E-state index contributed by atoms with van der Waals surface area (Å²) in [4.78, 5) is 26.3. The molecule has 0 unspecified atom stereocenters. The van der Waals surface area contributed by atoms with E-state index < -0.39 is 0 Å². The quantitative estimate of drug-likeness (QED) is 0.640. The van der Waals surface area contributed by atoms with Gasteiger partial charge in [0.2, 0.25) is 0 Å². The number of anilines is 1. The molecule has 0 spiro atoms. The molecule has 6 nitrogen and oxygen atoms in total. The SMILES string of the molecule is O=C(COc1cc(Cl)ccc1Cl)N1CCN(c2nc3cccnc3s2)CC1. The summed E-state index contributed by atoms with van der Waals surface area (Å²) in [6.45, 7) is 2.63. The number of carbonyl (C=O) groups is 1. The van der Waals surface area contributed by atoms with E-state index in [2.05, 4.69) is 14.9 Å². The normalized spacial score (nSPS) is 14.6. The zero-order valence-corrected chi connectivity index (χ0v) is 16.6. The number of ether oxygens (including phenoxy) is 1. The van der Waals surface area contributed by atoms with Crippen molar-refractivity contribution >= 4 is 55.9 Å². The highest BCUT2D eigenvalue weighted by Gasteiger charge is 2.23. The van der Waals surface area contributed by atoms with Gasteiger partial charge in [0.1, 0.15) is 16.1 Å². The Morgan fingerprint density at radius 2 is 2.00 bits per heavy atom. The number of pyridine rings is 1. The fraction of sp³-hybridized carbons (Fsp3) is 0.278. The van der Waals surface area contributed by atoms with Crippen LogP contribution in [0.15, 0.2) is 36.5 Å². The highest BCUT2D eigenvalue weighted by Crippen LogP contribution is 2.29. The number of thiazole rings is 1. The number of aromatic nitrogens is 2. The van der Waals surface area contributed by atoms with Gasteiger partial charge < -0.3 is 14.5 Å². The third kappa shape index (κ3) is 4.10. The largest absolute Gasteiger partial charge is 0.482 e. The van der Waals surface area contributed by atoms with Crippen molar-refractivity contribution in [3.63, 3.8) is 0 Å². The number of amides is 1. The van der Waals surface area contributed by atoms with Crippen LogP contribution in [0.25, 0.3) is 10.3 Å². The maximum absolute atomic E-state index is 12.4. The van der Waals surface area contributed by atoms with Crippen molar-refractivity contribution < 1.29 is 9.53 Å². The summed E-state index contributed by atoms with van der Waals surface area (Å²) in [7, 11) is 0. The molecule has 1 aliphatic rings. The van der Waals surface area contributed by atoms with Crippen LogP contribution >= 0.6 is 34.5 Å². The topological polar surface area (TPSA) is 58.6 Å². The summed E-state index contributed by atoms with van der Waals surface area (Å²) in [6.07, 6.45) is 1.77. The van der Waals surface area contributed by atoms with E-state index in [1.54, 1.807) is 40.6 Å². The van der Waals surface area contributed by atoms with Gasteiger partial charge in [-0.25, -0.2) is 9.97 Å². The Morgan fingerprint density at radius 1 is 1.19 bits per heavy atom. The molecule has 1 amide bonds. The number of piperazine rings is 1. The summed E-state index contributed by atoms with van der Waals surface area (Å²) in [6, 6.07) is 8.77. The average molecular weight is 423 g/mol. The number of fused-ring (bicyclic) bond motifs is 1. The number of halogens is 2. The van der Waals surface area contributed by atoms with Crippen molar-refractivity contribution in [2.45, 2.75) is 0 Å². The molecular formula is C18H16Cl2N4O2S. The first-order valence-corrected chi connectivity index (χ1v) is 9.99. The van der Waals surface area contributed by atoms with Crippen LogP contribution < -0.4 is 9.64 Å². The third-order valence-electron chi connectivity index (χ3n) is 4.30. The molecule has 1 fully saturated rings. The Kier molecular flexibility index (Phi) is 5.33. The Balaban J connectivity index is 1.33. The molecular weight excluding hydrogens is 407 g/mol. The summed E-state index contributed by atoms with van der Waals surface area (Å²) < 4.78 is 5.54. The Hall–Kier alpha value is -2.09. The maximum Gasteiger partial charge on any atom is 0.260 e. The first kappa shape index (κ1) is 18.3. The second-order valence-electron chi connectivity index (χ2n) is 6.06. The van der Waals surface area contributed by atoms with E-state index in [-0.39, 0.29) is 12.5 Å². The Morgan fingerprint density at radius 3 is 2.78 bits per heavy atom. The first-order valence-electron chi connectivity index (χ1n) is 8.42. The van der Waals surface area contributed by atoms with Gasteiger partial charge in [0.15, 0.2) is 11.7 Å². The third-order valence-corrected chi connectivity index (χ3v) is 5.89. The molecule has 27 heavy (non-hydrogen) atoms. The Bertz CT molecular complexity index is 940. The van der Waals surface area contributed by atoms with Gasteiger partial charge in [0.25, 0.3) is 5.91 Å². The average Bonchev–Trinajstić information content (AvgIpc) is 3.13. The van der Waals surface area contributed by atoms with E-state index >= 15 is 0 Å². The van der Waals surface area contributed by atoms with Crippen molar-refractivity contribution in [3.05, 3.63) is 46.6 Å². The molecule has 1 saturated heterocycles. The van der Waals surface area contributed by atoms with Gasteiger partial charge in [-0.2, -0.15) is 0 Å². The van der Waals surface area contributed by atoms with E-state index in [1.165, 1.54) is 0 Å². The minimum absolute atomic E-state index is 0.0644. The molecule has 0 radical (unpaired) electrons. The van der Waals surface area contributed by atoms with E-state index in [9.17, 15) is 4.79 Å². The lowest BCUT2D eigenvalue weighted by molar-refractivity contribution is -0.133. The lowest BCUT2D eigenvalue weighted by Gasteiger charge is -2.34. The van der Waals surface area contributed by atoms with Gasteiger partial charge in [-0.1, -0.05) is 34.5 Å². The summed E-state index contributed by atoms with van der Waals surface area (Å²) in [5, 5.41) is 1.89. The standard InChI is InChI=1S/C18H16Cl2N4O2S/c19-12-3-4-13(20)15(10-12)26-11-16(25)23-6-8-24(9-7-23)18-22-14-2-1-5-21-17(14)27-18/h1-5,10H,6-9,11H2. The molecule has 3 aromatic rings. The monoisotopic (exact) mass is 422 g/mol. The lowest BCUT2D eigenvalue weighted by atomic mass is 10.3. The van der Waals surface area contributed by atoms with Crippen molar-refractivity contribution in [2.24, 2.45) is 0 Å². The summed E-state index contributed by atoms with van der Waals surface area (Å²) >= 11 is 13.6. The van der Waals surface area contributed by atoms with Gasteiger partial charge in [-0.15, -0.1) is 0 Å². The fourth-order valence-corrected chi connectivity index (χ4v) is 4.15. The fourth-order valence-electron chi connectivity index (χ4n) is 2.86. The molecule has 1 aliphatic heterocycles. The zero-order chi connectivity index (χ0) is 18.8. The molecule has 4 rings (SSSR count). The van der Waals surface area contributed by atoms with Gasteiger partial charge in [-0.3, -0.25) is 4.79 Å². The molecule has 1 aromatic carbocycles. The van der Waals surface area contributed by atoms with Crippen LogP contribution in [-0.4, -0.2) is 53.6 Å². The van der Waals surface area contributed by atoms with E-state index in [1.807, 2.05) is 12.1 Å². The van der Waals surface area contributed by atoms with Crippen LogP contribution in [-0.2, 0) is 4.79 Å². The van der Waals surface area contributed by atoms with Gasteiger partial charge >= 0.3 is 0 Å². The molecule has 3 heterocycles. The van der Waals surface area contributed by atoms with Crippen LogP contribution in [0.5, 0.6) is 5.75 Å². The van der Waals surface area contributed by atoms with Crippen LogP contribution in [0, 0.1) is 0 Å². The number of benzene rings is 1. The smallest absolute Gasteiger partial charge is 0.260 e. The number of hydrogen-bond donors (Lipinski definition) is 0. The van der Waals surface area contributed by atoms with Gasteiger partial charge in [-0.05, 0) is 24.3 Å². The molecule has 2 aromatic heterocycles. The molecule has 0 aliphatic carbocycles. The highest BCUT2D eigenvalue weighted by atomic mass is 35.5. The molecule has 0 atom stereocenters. The van der Waals surface area contributed by atoms with Crippen LogP contribution in [0.4, 0.5) is 5.13 Å². The zero-order valence-electron chi connectivity index (χ0n) is 14.3. The van der Waals surface area contributed by atoms with Gasteiger partial charge in [0.05, 0.1) is 5.02 Å². The molecule has 140 valence electrons. The predicted molar refractivity (Wildman–Crippen MR) is 108 cm³/mol. The van der Waals surface area contributed by atoms with Crippen molar-refractivity contribution in [3.8, 4) is 5.75 Å². The summed E-state index contributed by atoms with van der Waals surface area (Å²) in [5.74, 6) is 0.342. The molecule has 9 heteroatoms. The van der Waals surface area contributed by atoms with Crippen molar-refractivity contribution in [1.82, 2.24) is 14.9 Å². The van der Waals surface area contributed by atoms with Crippen LogP contribution in [0.2, 0.25) is 10.0 Å². The number of nitrogens with zero attached hydrogens (tertiary/aromatic N) is 4. The minimum Gasteiger partial charge on any atom is -0.482 e. The second-order valence-corrected chi connectivity index (χ2v) is 7.85. The van der Waals surface area contributed by atoms with E-state index in [4.69, 9.17) is 27.9 Å². The molecule has 0 saturated carbocycles. The second kappa shape index (κ2) is 7.88. The van der Waals surface area contributed by atoms with Crippen LogP contribution in [0.3, 0.4) is 0 Å². The number of hydrogen-bond acceptors (Lipinski definition) is 6. The number of rotatable bonds is 4. The lowest BCUT2D eigenvalue weighted by Crippen LogP contribution is -2.50. The minimum atomic E-state index is -0.0725. The van der Waals surface area contributed by atoms with Crippen molar-refractivity contribution in [2.75, 3.05) is 37.7 Å². The van der Waals surface area contributed by atoms with E-state index in [0.717, 1.165) is 28.6 Å². The van der Waals surface area contributed by atoms with Crippen molar-refractivity contribution in [1.29, 1.82) is 0 Å². The van der Waals surface area contributed by atoms with Crippen LogP contribution in [0.1, 0.15) is 0 Å². The first-order chi connectivity index (χ1) is 13.1. The van der Waals surface area contributed by atoms with Gasteiger partial charge in [0, 0.05) is 43.5 Å². The maximum atomic E-state index is 12.4. The van der Waals surface area contributed by atoms with E-state index in [0.29, 0.717) is 28.9 Å². The summed E-state index contributed by atoms with van der Waals surface area (Å²) in [5.41, 5.74) is 0.905. The Labute approximate surface area is 170 Å².